The van der Waals surface area contributed by atoms with Gasteiger partial charge >= 0.3 is 0 Å². The summed E-state index contributed by atoms with van der Waals surface area (Å²) in [6.07, 6.45) is -6.80. The van der Waals surface area contributed by atoms with Crippen LogP contribution in [0.15, 0.2) is 0 Å². The van der Waals surface area contributed by atoms with Crippen LogP contribution in [0.2, 0.25) is 0 Å². The molecule has 0 spiro atoms. The Morgan fingerprint density at radius 3 is 1.72 bits per heavy atom. The number of carbonyl (C=O) groups excluding carboxylic acids is 2. The minimum atomic E-state index is -1.79. The molecule has 0 saturated heterocycles. The fourth-order valence-electron chi connectivity index (χ4n) is 2.38. The molecule has 0 fully saturated rings. The number of nitrogens with zero attached hydrogens (tertiary/aromatic N) is 1. The van der Waals surface area contributed by atoms with Crippen molar-refractivity contribution in [1.82, 2.24) is 0 Å². The van der Waals surface area contributed by atoms with E-state index in [1.807, 2.05) is 45.2 Å². The van der Waals surface area contributed by atoms with Crippen LogP contribution >= 0.6 is 90.4 Å². The van der Waals surface area contributed by atoms with Gasteiger partial charge in [-0.05, 0) is 90.4 Å². The van der Waals surface area contributed by atoms with Crippen molar-refractivity contribution < 1.29 is 35.1 Å². The van der Waals surface area contributed by atoms with E-state index in [0.29, 0.717) is 25.7 Å². The van der Waals surface area contributed by atoms with E-state index in [9.17, 15) is 30.0 Å². The van der Waals surface area contributed by atoms with Gasteiger partial charge in [0, 0.05) is 13.8 Å². The van der Waals surface area contributed by atoms with E-state index in [2.05, 4.69) is 50.5 Å². The van der Waals surface area contributed by atoms with Crippen molar-refractivity contribution in [2.45, 2.75) is 38.3 Å². The van der Waals surface area contributed by atoms with E-state index < -0.39 is 36.9 Å². The van der Waals surface area contributed by atoms with E-state index in [1.54, 1.807) is 0 Å². The van der Waals surface area contributed by atoms with E-state index in [4.69, 9.17) is 5.11 Å². The van der Waals surface area contributed by atoms with Gasteiger partial charge in [-0.3, -0.25) is 9.59 Å². The van der Waals surface area contributed by atoms with Gasteiger partial charge in [-0.2, -0.15) is 0 Å². The van der Waals surface area contributed by atoms with Gasteiger partial charge in [0.15, 0.2) is 0 Å². The Bertz CT molecular complexity index is 751. The van der Waals surface area contributed by atoms with Crippen molar-refractivity contribution in [3.05, 3.63) is 14.3 Å². The summed E-state index contributed by atoms with van der Waals surface area (Å²) in [5, 5.41) is 51.4. The van der Waals surface area contributed by atoms with Gasteiger partial charge in [0.25, 0.3) is 0 Å². The highest BCUT2D eigenvalue weighted by Crippen LogP contribution is 2.41. The lowest BCUT2D eigenvalue weighted by Crippen LogP contribution is -2.50. The Morgan fingerprint density at radius 1 is 0.897 bits per heavy atom. The predicted molar refractivity (Wildman–Crippen MR) is 141 cm³/mol. The van der Waals surface area contributed by atoms with Crippen molar-refractivity contribution >= 4 is 114 Å². The highest BCUT2D eigenvalue weighted by molar-refractivity contribution is 14.1. The standard InChI is InChI=1S/C16H20I4N2O7/c1-5(24)21-13-9(17)11(19)14(12(20)10(13)18)22(6(2)25)3-7(26)15(28)16(29)8(27)4-23/h7-8,15-16,23,26-29H,3-4H2,1-2H3,(H,21,24). The zero-order chi connectivity index (χ0) is 22.6. The van der Waals surface area contributed by atoms with Gasteiger partial charge in [0.05, 0.1) is 38.8 Å². The van der Waals surface area contributed by atoms with Gasteiger partial charge in [-0.25, -0.2) is 0 Å². The van der Waals surface area contributed by atoms with Crippen molar-refractivity contribution in [2.24, 2.45) is 0 Å². The van der Waals surface area contributed by atoms with E-state index in [1.165, 1.54) is 18.7 Å². The molecule has 4 unspecified atom stereocenters. The second-order valence-corrected chi connectivity index (χ2v) is 10.4. The maximum Gasteiger partial charge on any atom is 0.224 e. The average molecular weight is 860 g/mol. The lowest BCUT2D eigenvalue weighted by Gasteiger charge is -2.31. The number of hydrogen-bond donors (Lipinski definition) is 6. The van der Waals surface area contributed by atoms with Crippen LogP contribution in [0, 0.1) is 14.3 Å². The first-order valence-corrected chi connectivity index (χ1v) is 12.4. The summed E-state index contributed by atoms with van der Waals surface area (Å²) in [5.41, 5.74) is 1.10. The van der Waals surface area contributed by atoms with Gasteiger partial charge in [0.1, 0.15) is 24.4 Å². The number of hydrogen-bond acceptors (Lipinski definition) is 7. The van der Waals surface area contributed by atoms with Crippen molar-refractivity contribution in [3.63, 3.8) is 0 Å². The normalized spacial score (nSPS) is 15.4. The Morgan fingerprint density at radius 2 is 1.34 bits per heavy atom. The van der Waals surface area contributed by atoms with Crippen LogP contribution in [0.1, 0.15) is 13.8 Å². The van der Waals surface area contributed by atoms with E-state index >= 15 is 0 Å². The second kappa shape index (κ2) is 12.2. The van der Waals surface area contributed by atoms with Crippen LogP contribution in [0.5, 0.6) is 0 Å². The number of aliphatic hydroxyl groups is 5. The zero-order valence-electron chi connectivity index (χ0n) is 15.2. The smallest absolute Gasteiger partial charge is 0.224 e. The molecule has 9 nitrogen and oxygen atoms in total. The molecule has 4 atom stereocenters. The van der Waals surface area contributed by atoms with Crippen LogP contribution in [-0.4, -0.2) is 74.9 Å². The summed E-state index contributed by atoms with van der Waals surface area (Å²) < 4.78 is 2.72. The third-order valence-corrected chi connectivity index (χ3v) is 10.2. The number of aliphatic hydroxyl groups excluding tert-OH is 5. The summed E-state index contributed by atoms with van der Waals surface area (Å²) in [5.74, 6) is -0.651. The molecule has 1 rings (SSSR count). The fraction of sp³-hybridized carbons (Fsp3) is 0.500. The molecule has 0 aliphatic carbocycles. The molecule has 1 aromatic rings. The maximum atomic E-state index is 12.4. The average Bonchev–Trinajstić information content (AvgIpc) is 2.66. The Hall–Kier alpha value is 0.880. The minimum Gasteiger partial charge on any atom is -0.394 e. The molecule has 0 saturated carbocycles. The Labute approximate surface area is 222 Å². The first-order chi connectivity index (χ1) is 13.3. The van der Waals surface area contributed by atoms with Crippen molar-refractivity contribution in [3.8, 4) is 0 Å². The summed E-state index contributed by atoms with van der Waals surface area (Å²) >= 11 is 8.18. The zero-order valence-corrected chi connectivity index (χ0v) is 23.9. The third-order valence-electron chi connectivity index (χ3n) is 3.89. The lowest BCUT2D eigenvalue weighted by atomic mass is 10.0. The van der Waals surface area contributed by atoms with Crippen molar-refractivity contribution in [1.29, 1.82) is 0 Å². The number of carbonyl (C=O) groups is 2. The fourth-order valence-corrected chi connectivity index (χ4v) is 6.39. The van der Waals surface area contributed by atoms with Crippen LogP contribution < -0.4 is 10.2 Å². The number of nitrogens with one attached hydrogen (secondary N) is 1. The molecule has 29 heavy (non-hydrogen) atoms. The van der Waals surface area contributed by atoms with Crippen LogP contribution in [0.25, 0.3) is 0 Å². The molecule has 0 bridgehead atoms. The minimum absolute atomic E-state index is 0.237. The largest absolute Gasteiger partial charge is 0.394 e. The first kappa shape index (κ1) is 27.9. The molecular formula is C16H20I4N2O7. The Balaban J connectivity index is 3.36. The monoisotopic (exact) mass is 860 g/mol. The van der Waals surface area contributed by atoms with E-state index in [-0.39, 0.29) is 12.5 Å². The maximum absolute atomic E-state index is 12.4. The summed E-state index contributed by atoms with van der Waals surface area (Å²) in [7, 11) is 0. The second-order valence-electron chi connectivity index (χ2n) is 6.09. The molecule has 1 aromatic carbocycles. The molecule has 0 heterocycles. The van der Waals surface area contributed by atoms with Crippen LogP contribution in [0.4, 0.5) is 11.4 Å². The summed E-state index contributed by atoms with van der Waals surface area (Å²) in [6, 6.07) is 0. The highest BCUT2D eigenvalue weighted by Gasteiger charge is 2.33. The number of anilines is 2. The van der Waals surface area contributed by atoms with Crippen LogP contribution in [-0.2, 0) is 9.59 Å². The number of rotatable bonds is 8. The SMILES string of the molecule is CC(=O)Nc1c(I)c(I)c(N(CC(O)C(O)C(O)C(O)CO)C(C)=O)c(I)c1I. The quantitative estimate of drug-likeness (QED) is 0.168. The van der Waals surface area contributed by atoms with E-state index in [0.717, 1.165) is 0 Å². The molecule has 0 aliphatic heterocycles. The summed E-state index contributed by atoms with van der Waals surface area (Å²) in [6.45, 7) is 1.54. The molecule has 164 valence electrons. The summed E-state index contributed by atoms with van der Waals surface area (Å²) in [4.78, 5) is 25.1. The molecular weight excluding hydrogens is 840 g/mol. The number of amides is 2. The molecule has 0 aromatic heterocycles. The molecule has 0 radical (unpaired) electrons. The van der Waals surface area contributed by atoms with Gasteiger partial charge in [-0.1, -0.05) is 0 Å². The Kier molecular flexibility index (Phi) is 11.8. The molecule has 0 aliphatic rings. The molecule has 6 N–H and O–H groups in total. The number of benzene rings is 1. The van der Waals surface area contributed by atoms with Gasteiger partial charge in [0.2, 0.25) is 11.8 Å². The number of halogens is 4. The molecule has 2 amide bonds. The topological polar surface area (TPSA) is 151 Å². The lowest BCUT2D eigenvalue weighted by molar-refractivity contribution is -0.121. The predicted octanol–water partition coefficient (Wildman–Crippen LogP) is 0.852. The highest BCUT2D eigenvalue weighted by atomic mass is 127. The molecule has 13 heteroatoms. The van der Waals surface area contributed by atoms with Gasteiger partial charge in [-0.15, -0.1) is 0 Å². The van der Waals surface area contributed by atoms with Crippen LogP contribution in [0.3, 0.4) is 0 Å². The first-order valence-electron chi connectivity index (χ1n) is 8.09. The van der Waals surface area contributed by atoms with Crippen molar-refractivity contribution in [2.75, 3.05) is 23.4 Å². The third kappa shape index (κ3) is 6.93. The van der Waals surface area contributed by atoms with Gasteiger partial charge < -0.3 is 35.7 Å².